The maximum absolute atomic E-state index is 14.2. The predicted octanol–water partition coefficient (Wildman–Crippen LogP) is -2.26. The van der Waals surface area contributed by atoms with Crippen LogP contribution in [0.2, 0.25) is 0 Å². The normalized spacial score (nSPS) is 19.0. The van der Waals surface area contributed by atoms with E-state index in [1.807, 2.05) is 5.32 Å². The van der Waals surface area contributed by atoms with Crippen molar-refractivity contribution >= 4 is 17.7 Å². The zero-order chi connectivity index (χ0) is 24.6. The Morgan fingerprint density at radius 2 is 1.69 bits per heavy atom. The largest absolute Gasteiger partial charge is 0.480 e. The molecule has 12 heteroatoms. The highest BCUT2D eigenvalue weighted by molar-refractivity contribution is 5.95. The second-order valence-electron chi connectivity index (χ2n) is 7.46. The number of aliphatic carboxylic acids is 1. The van der Waals surface area contributed by atoms with Crippen molar-refractivity contribution in [2.45, 2.75) is 61.9 Å². The van der Waals surface area contributed by atoms with Crippen LogP contribution in [0.3, 0.4) is 0 Å². The number of benzene rings is 1. The third-order valence-corrected chi connectivity index (χ3v) is 4.99. The number of hydrogen-bond donors (Lipinski definition) is 8. The highest BCUT2D eigenvalue weighted by atomic mass is 19.1. The summed E-state index contributed by atoms with van der Waals surface area (Å²) < 4.78 is 14.2. The highest BCUT2D eigenvalue weighted by Gasteiger charge is 2.43. The number of nitrogens with one attached hydrogen (secondary N) is 1. The first-order chi connectivity index (χ1) is 14.9. The van der Waals surface area contributed by atoms with Crippen molar-refractivity contribution in [3.63, 3.8) is 0 Å². The van der Waals surface area contributed by atoms with Crippen LogP contribution in [-0.2, 0) is 14.4 Å². The second kappa shape index (κ2) is 11.9. The molecule has 32 heavy (non-hydrogen) atoms. The molecule has 0 fully saturated rings. The van der Waals surface area contributed by atoms with Gasteiger partial charge in [0.15, 0.2) is 5.78 Å². The van der Waals surface area contributed by atoms with E-state index in [1.54, 1.807) is 13.0 Å². The number of Topliss-reactive ketones (excluding diaryl/α,β-unsaturated/α-hetero) is 1. The van der Waals surface area contributed by atoms with Crippen LogP contribution in [0.15, 0.2) is 30.3 Å². The number of carbonyl (C=O) groups excluding carboxylic acids is 2. The summed E-state index contributed by atoms with van der Waals surface area (Å²) in [5.74, 6) is -8.53. The van der Waals surface area contributed by atoms with Gasteiger partial charge in [-0.25, -0.2) is 4.39 Å². The molecule has 180 valence electrons. The van der Waals surface area contributed by atoms with Gasteiger partial charge in [-0.1, -0.05) is 43.7 Å². The molecule has 0 saturated carbocycles. The number of carboxylic acids is 1. The van der Waals surface area contributed by atoms with Gasteiger partial charge in [-0.3, -0.25) is 20.1 Å². The number of nitrogens with two attached hydrogens (primary N) is 2. The summed E-state index contributed by atoms with van der Waals surface area (Å²) in [6, 6.07) is 3.93. The lowest BCUT2D eigenvalue weighted by molar-refractivity contribution is -0.149. The molecule has 0 saturated heterocycles. The molecule has 0 aliphatic heterocycles. The molecule has 11 nitrogen and oxygen atoms in total. The fraction of sp³-hybridized carbons (Fsp3) is 0.550. The Bertz CT molecular complexity index is 779. The van der Waals surface area contributed by atoms with Crippen molar-refractivity contribution in [3.05, 3.63) is 35.9 Å². The quantitative estimate of drug-likeness (QED) is 0.148. The van der Waals surface area contributed by atoms with Crippen molar-refractivity contribution in [2.24, 2.45) is 11.5 Å². The van der Waals surface area contributed by atoms with Crippen molar-refractivity contribution in [2.75, 3.05) is 6.61 Å². The third kappa shape index (κ3) is 6.76. The molecular weight excluding hydrogens is 429 g/mol. The zero-order valence-electron chi connectivity index (χ0n) is 17.5. The fourth-order valence-electron chi connectivity index (χ4n) is 3.13. The van der Waals surface area contributed by atoms with Crippen molar-refractivity contribution in [3.8, 4) is 0 Å². The third-order valence-electron chi connectivity index (χ3n) is 4.99. The van der Waals surface area contributed by atoms with Gasteiger partial charge in [0.1, 0.15) is 24.4 Å². The Balaban J connectivity index is 3.07. The Kier molecular flexibility index (Phi) is 10.3. The number of carbonyl (C=O) groups is 3. The number of carboxylic acid groups (broad SMARTS) is 1. The lowest BCUT2D eigenvalue weighted by Crippen LogP contribution is -2.60. The average molecular weight is 459 g/mol. The maximum Gasteiger partial charge on any atom is 0.321 e. The summed E-state index contributed by atoms with van der Waals surface area (Å²) in [7, 11) is 0. The number of ketones is 1. The lowest BCUT2D eigenvalue weighted by atomic mass is 9.83. The SMILES string of the molecule is CCC[C@](N)(F)C(=O)N[C@@H](CO)[C@@H](O)[C@@H](O)[C@H](O)C(=O)C(c1ccccc1)[C@H](N)C(=O)O. The number of aliphatic hydroxyl groups excluding tert-OH is 4. The van der Waals surface area contributed by atoms with E-state index >= 15 is 0 Å². The van der Waals surface area contributed by atoms with E-state index in [1.165, 1.54) is 24.3 Å². The van der Waals surface area contributed by atoms with Crippen LogP contribution in [-0.4, -0.2) is 86.0 Å². The van der Waals surface area contributed by atoms with Gasteiger partial charge in [0.2, 0.25) is 5.79 Å². The molecule has 0 heterocycles. The van der Waals surface area contributed by atoms with Gasteiger partial charge >= 0.3 is 5.97 Å². The van der Waals surface area contributed by atoms with Crippen molar-refractivity contribution in [1.29, 1.82) is 0 Å². The minimum atomic E-state index is -2.81. The minimum absolute atomic E-state index is 0.144. The number of amides is 1. The van der Waals surface area contributed by atoms with Crippen molar-refractivity contribution in [1.82, 2.24) is 5.32 Å². The standard InChI is InChI=1S/C20H30FN3O8/c1-2-8-20(21,23)19(32)24-11(9-25)14(26)16(28)17(29)15(27)12(13(22)18(30)31)10-6-4-3-5-7-10/h3-7,11-14,16-17,25-26,28-29H,2,8-9,22-23H2,1H3,(H,24,32)(H,30,31)/t11-,12?,13-,14+,16+,17+,20+/m0/s1. The van der Waals surface area contributed by atoms with E-state index in [9.17, 15) is 44.3 Å². The summed E-state index contributed by atoms with van der Waals surface area (Å²) in [6.45, 7) is 0.577. The van der Waals surface area contributed by atoms with Gasteiger partial charge in [0.05, 0.1) is 18.6 Å². The van der Waals surface area contributed by atoms with E-state index in [2.05, 4.69) is 0 Å². The number of alkyl halides is 1. The van der Waals surface area contributed by atoms with E-state index in [0.717, 1.165) is 0 Å². The summed E-state index contributed by atoms with van der Waals surface area (Å²) in [5, 5.41) is 51.5. The molecule has 0 radical (unpaired) electrons. The zero-order valence-corrected chi connectivity index (χ0v) is 17.5. The van der Waals surface area contributed by atoms with Gasteiger partial charge in [-0.05, 0) is 5.56 Å². The van der Waals surface area contributed by atoms with Gasteiger partial charge in [0, 0.05) is 6.42 Å². The van der Waals surface area contributed by atoms with Crippen LogP contribution in [0.4, 0.5) is 4.39 Å². The molecule has 0 aliphatic rings. The highest BCUT2D eigenvalue weighted by Crippen LogP contribution is 2.24. The maximum atomic E-state index is 14.2. The topological polar surface area (TPSA) is 216 Å². The Hall–Kier alpha value is -2.48. The molecule has 1 amide bonds. The monoisotopic (exact) mass is 459 g/mol. The number of aliphatic hydroxyl groups is 4. The van der Waals surface area contributed by atoms with E-state index in [-0.39, 0.29) is 18.4 Å². The Morgan fingerprint density at radius 1 is 1.12 bits per heavy atom. The van der Waals surface area contributed by atoms with E-state index < -0.39 is 66.4 Å². The first kappa shape index (κ1) is 27.6. The molecule has 1 rings (SSSR count). The molecule has 1 aromatic carbocycles. The smallest absolute Gasteiger partial charge is 0.321 e. The second-order valence-corrected chi connectivity index (χ2v) is 7.46. The van der Waals surface area contributed by atoms with Gasteiger partial charge in [0.25, 0.3) is 5.91 Å². The summed E-state index contributed by atoms with van der Waals surface area (Å²) in [5.41, 5.74) is 11.0. The molecule has 0 bridgehead atoms. The molecule has 7 atom stereocenters. The number of rotatable bonds is 13. The van der Waals surface area contributed by atoms with Gasteiger partial charge < -0.3 is 36.6 Å². The molecule has 0 aliphatic carbocycles. The summed E-state index contributed by atoms with van der Waals surface area (Å²) in [6.07, 6.45) is -6.92. The first-order valence-electron chi connectivity index (χ1n) is 9.89. The molecule has 1 unspecified atom stereocenters. The Labute approximate surface area is 183 Å². The molecule has 1 aromatic rings. The molecular formula is C20H30FN3O8. The predicted molar refractivity (Wildman–Crippen MR) is 110 cm³/mol. The fourth-order valence-corrected chi connectivity index (χ4v) is 3.13. The summed E-state index contributed by atoms with van der Waals surface area (Å²) >= 11 is 0. The van der Waals surface area contributed by atoms with Crippen LogP contribution < -0.4 is 16.8 Å². The van der Waals surface area contributed by atoms with Crippen LogP contribution in [0.5, 0.6) is 0 Å². The van der Waals surface area contributed by atoms with Crippen LogP contribution >= 0.6 is 0 Å². The average Bonchev–Trinajstić information content (AvgIpc) is 2.76. The van der Waals surface area contributed by atoms with E-state index in [4.69, 9.17) is 11.5 Å². The first-order valence-corrected chi connectivity index (χ1v) is 9.89. The minimum Gasteiger partial charge on any atom is -0.480 e. The van der Waals surface area contributed by atoms with Crippen molar-refractivity contribution < 1.29 is 44.3 Å². The molecule has 0 spiro atoms. The van der Waals surface area contributed by atoms with Crippen LogP contribution in [0, 0.1) is 0 Å². The van der Waals surface area contributed by atoms with Crippen LogP contribution in [0.25, 0.3) is 0 Å². The lowest BCUT2D eigenvalue weighted by Gasteiger charge is -2.32. The summed E-state index contributed by atoms with van der Waals surface area (Å²) in [4.78, 5) is 36.2. The molecule has 0 aromatic heterocycles. The molecule has 10 N–H and O–H groups in total. The number of halogens is 1. The number of hydrogen-bond acceptors (Lipinski definition) is 9. The van der Waals surface area contributed by atoms with Gasteiger partial charge in [-0.2, -0.15) is 0 Å². The van der Waals surface area contributed by atoms with E-state index in [0.29, 0.717) is 0 Å². The van der Waals surface area contributed by atoms with Gasteiger partial charge in [-0.15, -0.1) is 0 Å². The van der Waals surface area contributed by atoms with Crippen LogP contribution in [0.1, 0.15) is 31.2 Å². The Morgan fingerprint density at radius 3 is 2.16 bits per heavy atom.